The number of H-pyrrole nitrogens is 1. The molecule has 7 heteroatoms. The predicted molar refractivity (Wildman–Crippen MR) is 114 cm³/mol. The van der Waals surface area contributed by atoms with Gasteiger partial charge in [0.2, 0.25) is 0 Å². The van der Waals surface area contributed by atoms with Crippen molar-refractivity contribution in [3.05, 3.63) is 59.3 Å². The van der Waals surface area contributed by atoms with Gasteiger partial charge >= 0.3 is 0 Å². The maximum atomic E-state index is 13.0. The first-order chi connectivity index (χ1) is 14.7. The number of hydrogen-bond acceptors (Lipinski definition) is 5. The number of likely N-dealkylation sites (tertiary alicyclic amines) is 1. The van der Waals surface area contributed by atoms with E-state index in [1.165, 1.54) is 0 Å². The summed E-state index contributed by atoms with van der Waals surface area (Å²) in [6.07, 6.45) is 3.63. The Morgan fingerprint density at radius 2 is 2.03 bits per heavy atom. The fourth-order valence-electron chi connectivity index (χ4n) is 4.02. The molecule has 7 nitrogen and oxygen atoms in total. The molecule has 1 aromatic carbocycles. The summed E-state index contributed by atoms with van der Waals surface area (Å²) in [4.78, 5) is 27.2. The smallest absolute Gasteiger partial charge is 0.270 e. The Morgan fingerprint density at radius 3 is 2.80 bits per heavy atom. The number of rotatable bonds is 7. The van der Waals surface area contributed by atoms with Gasteiger partial charge in [-0.2, -0.15) is 0 Å². The molecule has 3 aromatic rings. The van der Waals surface area contributed by atoms with Crippen molar-refractivity contribution in [2.45, 2.75) is 32.3 Å². The van der Waals surface area contributed by atoms with Crippen LogP contribution in [0, 0.1) is 6.92 Å². The molecule has 1 amide bonds. The molecule has 158 valence electrons. The van der Waals surface area contributed by atoms with Gasteiger partial charge in [0, 0.05) is 48.8 Å². The number of aromatic amines is 1. The first-order valence-corrected chi connectivity index (χ1v) is 10.4. The van der Waals surface area contributed by atoms with Crippen LogP contribution in [-0.4, -0.2) is 59.2 Å². The van der Waals surface area contributed by atoms with E-state index in [1.54, 1.807) is 7.11 Å². The molecule has 2 aromatic heterocycles. The Morgan fingerprint density at radius 1 is 1.23 bits per heavy atom. The zero-order valence-corrected chi connectivity index (χ0v) is 17.6. The minimum Gasteiger partial charge on any atom is -0.382 e. The molecule has 0 aliphatic carbocycles. The molecule has 0 bridgehead atoms. The van der Waals surface area contributed by atoms with Crippen molar-refractivity contribution in [1.29, 1.82) is 0 Å². The molecule has 4 rings (SSSR count). The number of para-hydroxylation sites is 1. The minimum absolute atomic E-state index is 0.0617. The van der Waals surface area contributed by atoms with Crippen molar-refractivity contribution >= 4 is 16.8 Å². The zero-order valence-electron chi connectivity index (χ0n) is 17.6. The third-order valence-electron chi connectivity index (χ3n) is 5.64. The molecule has 0 spiro atoms. The molecule has 0 atom stereocenters. The van der Waals surface area contributed by atoms with Gasteiger partial charge in [-0.25, -0.2) is 9.97 Å². The van der Waals surface area contributed by atoms with E-state index in [-0.39, 0.29) is 5.91 Å². The summed E-state index contributed by atoms with van der Waals surface area (Å²) in [6, 6.07) is 9.90. The van der Waals surface area contributed by atoms with Crippen LogP contribution in [0.4, 0.5) is 0 Å². The number of methoxy groups -OCH3 is 1. The predicted octanol–water partition coefficient (Wildman–Crippen LogP) is 3.45. The highest BCUT2D eigenvalue weighted by atomic mass is 16.5. The molecule has 0 saturated carbocycles. The molecule has 1 aliphatic rings. The number of amides is 1. The Bertz CT molecular complexity index is 976. The first kappa shape index (κ1) is 20.5. The fraction of sp³-hybridized carbons (Fsp3) is 0.435. The summed E-state index contributed by atoms with van der Waals surface area (Å²) < 4.78 is 10.7. The largest absolute Gasteiger partial charge is 0.382 e. The molecule has 1 N–H and O–H groups in total. The fourth-order valence-corrected chi connectivity index (χ4v) is 4.02. The standard InChI is InChI=1S/C23H28N4O3/c1-16-24-14-19(15-30-12-11-29-2)22(25-16)17-7-9-27(10-8-17)23(28)21-13-18-5-3-4-6-20(18)26-21/h3-6,13-14,17,26H,7-12,15H2,1-2H3. The Kier molecular flexibility index (Phi) is 6.40. The number of nitrogens with zero attached hydrogens (tertiary/aromatic N) is 3. The average molecular weight is 409 g/mol. The van der Waals surface area contributed by atoms with E-state index < -0.39 is 0 Å². The number of carbonyl (C=O) groups excluding carboxylic acids is 1. The normalized spacial score (nSPS) is 15.1. The number of carbonyl (C=O) groups is 1. The van der Waals surface area contributed by atoms with Crippen molar-refractivity contribution in [2.75, 3.05) is 33.4 Å². The monoisotopic (exact) mass is 408 g/mol. The van der Waals surface area contributed by atoms with E-state index in [0.717, 1.165) is 40.8 Å². The van der Waals surface area contributed by atoms with Crippen LogP contribution in [0.15, 0.2) is 36.5 Å². The molecule has 0 unspecified atom stereocenters. The van der Waals surface area contributed by atoms with Crippen LogP contribution < -0.4 is 0 Å². The van der Waals surface area contributed by atoms with Gasteiger partial charge in [0.05, 0.1) is 25.5 Å². The van der Waals surface area contributed by atoms with Gasteiger partial charge in [-0.05, 0) is 31.9 Å². The molecular formula is C23H28N4O3. The Labute approximate surface area is 176 Å². The lowest BCUT2D eigenvalue weighted by atomic mass is 9.90. The molecule has 1 saturated heterocycles. The molecule has 1 fully saturated rings. The van der Waals surface area contributed by atoms with E-state index in [2.05, 4.69) is 9.97 Å². The molecule has 3 heterocycles. The van der Waals surface area contributed by atoms with Crippen LogP contribution in [-0.2, 0) is 16.1 Å². The summed E-state index contributed by atoms with van der Waals surface area (Å²) >= 11 is 0. The van der Waals surface area contributed by atoms with Gasteiger partial charge in [0.1, 0.15) is 11.5 Å². The Hall–Kier alpha value is -2.77. The van der Waals surface area contributed by atoms with Crippen molar-refractivity contribution < 1.29 is 14.3 Å². The van der Waals surface area contributed by atoms with Gasteiger partial charge in [-0.3, -0.25) is 4.79 Å². The summed E-state index contributed by atoms with van der Waals surface area (Å²) in [5.41, 5.74) is 3.72. The van der Waals surface area contributed by atoms with Gasteiger partial charge in [-0.1, -0.05) is 18.2 Å². The second-order valence-electron chi connectivity index (χ2n) is 7.71. The summed E-state index contributed by atoms with van der Waals surface area (Å²) in [5, 5.41) is 1.06. The van der Waals surface area contributed by atoms with Gasteiger partial charge < -0.3 is 19.4 Å². The summed E-state index contributed by atoms with van der Waals surface area (Å²) in [5.74, 6) is 1.13. The lowest BCUT2D eigenvalue weighted by Crippen LogP contribution is -2.38. The second kappa shape index (κ2) is 9.36. The highest BCUT2D eigenvalue weighted by Crippen LogP contribution is 2.30. The third-order valence-corrected chi connectivity index (χ3v) is 5.64. The minimum atomic E-state index is 0.0617. The number of benzene rings is 1. The Balaban J connectivity index is 1.41. The highest BCUT2D eigenvalue weighted by molar-refractivity contribution is 5.98. The van der Waals surface area contributed by atoms with Crippen molar-refractivity contribution in [1.82, 2.24) is 19.9 Å². The van der Waals surface area contributed by atoms with Crippen LogP contribution in [0.5, 0.6) is 0 Å². The van der Waals surface area contributed by atoms with Crippen molar-refractivity contribution in [2.24, 2.45) is 0 Å². The first-order valence-electron chi connectivity index (χ1n) is 10.4. The molecule has 30 heavy (non-hydrogen) atoms. The maximum absolute atomic E-state index is 13.0. The maximum Gasteiger partial charge on any atom is 0.270 e. The number of hydrogen-bond donors (Lipinski definition) is 1. The summed E-state index contributed by atoms with van der Waals surface area (Å²) in [7, 11) is 1.66. The van der Waals surface area contributed by atoms with E-state index in [1.807, 2.05) is 48.4 Å². The van der Waals surface area contributed by atoms with E-state index in [0.29, 0.717) is 44.5 Å². The van der Waals surface area contributed by atoms with Gasteiger partial charge in [0.25, 0.3) is 5.91 Å². The van der Waals surface area contributed by atoms with Crippen LogP contribution in [0.3, 0.4) is 0 Å². The number of piperidine rings is 1. The van der Waals surface area contributed by atoms with Crippen molar-refractivity contribution in [3.8, 4) is 0 Å². The van der Waals surface area contributed by atoms with Crippen LogP contribution in [0.2, 0.25) is 0 Å². The number of aromatic nitrogens is 3. The number of aryl methyl sites for hydroxylation is 1. The number of ether oxygens (including phenoxy) is 2. The number of fused-ring (bicyclic) bond motifs is 1. The van der Waals surface area contributed by atoms with Crippen molar-refractivity contribution in [3.63, 3.8) is 0 Å². The van der Waals surface area contributed by atoms with E-state index in [9.17, 15) is 4.79 Å². The lowest BCUT2D eigenvalue weighted by molar-refractivity contribution is 0.0604. The van der Waals surface area contributed by atoms with Crippen LogP contribution in [0.25, 0.3) is 10.9 Å². The molecule has 0 radical (unpaired) electrons. The second-order valence-corrected chi connectivity index (χ2v) is 7.71. The van der Waals surface area contributed by atoms with Crippen LogP contribution in [0.1, 0.15) is 46.3 Å². The highest BCUT2D eigenvalue weighted by Gasteiger charge is 2.27. The molecular weight excluding hydrogens is 380 g/mol. The van der Waals surface area contributed by atoms with Gasteiger partial charge in [0.15, 0.2) is 0 Å². The van der Waals surface area contributed by atoms with E-state index in [4.69, 9.17) is 14.5 Å². The van der Waals surface area contributed by atoms with E-state index >= 15 is 0 Å². The van der Waals surface area contributed by atoms with Crippen LogP contribution >= 0.6 is 0 Å². The number of nitrogens with one attached hydrogen (secondary N) is 1. The topological polar surface area (TPSA) is 80.3 Å². The molecule has 1 aliphatic heterocycles. The average Bonchev–Trinajstić information content (AvgIpc) is 3.21. The zero-order chi connectivity index (χ0) is 20.9. The summed E-state index contributed by atoms with van der Waals surface area (Å²) in [6.45, 7) is 4.93. The quantitative estimate of drug-likeness (QED) is 0.606. The van der Waals surface area contributed by atoms with Gasteiger partial charge in [-0.15, -0.1) is 0 Å². The lowest BCUT2D eigenvalue weighted by Gasteiger charge is -2.32. The third kappa shape index (κ3) is 4.52. The SMILES string of the molecule is COCCOCc1cnc(C)nc1C1CCN(C(=O)c2cc3ccccc3[nH]2)CC1.